The van der Waals surface area contributed by atoms with Crippen molar-refractivity contribution in [3.63, 3.8) is 0 Å². The number of imidazole rings is 1. The fourth-order valence-corrected chi connectivity index (χ4v) is 2.19. The molecule has 0 radical (unpaired) electrons. The van der Waals surface area contributed by atoms with Crippen LogP contribution in [0.3, 0.4) is 0 Å². The third-order valence-electron chi connectivity index (χ3n) is 3.37. The van der Waals surface area contributed by atoms with E-state index in [1.54, 1.807) is 0 Å². The van der Waals surface area contributed by atoms with E-state index in [4.69, 9.17) is 0 Å². The van der Waals surface area contributed by atoms with Gasteiger partial charge in [0.15, 0.2) is 0 Å². The summed E-state index contributed by atoms with van der Waals surface area (Å²) >= 11 is 0. The van der Waals surface area contributed by atoms with Crippen LogP contribution in [-0.2, 0) is 13.5 Å². The van der Waals surface area contributed by atoms with Crippen molar-refractivity contribution in [1.82, 2.24) is 14.9 Å². The van der Waals surface area contributed by atoms with Crippen LogP contribution < -0.4 is 5.32 Å². The summed E-state index contributed by atoms with van der Waals surface area (Å²) in [4.78, 5) is 16.5. The van der Waals surface area contributed by atoms with Crippen LogP contribution in [0.25, 0.3) is 11.0 Å². The maximum absolute atomic E-state index is 12.0. The van der Waals surface area contributed by atoms with Gasteiger partial charge >= 0.3 is 0 Å². The number of benzene rings is 1. The Morgan fingerprint density at radius 2 is 2.16 bits per heavy atom. The first-order valence-electron chi connectivity index (χ1n) is 6.91. The third kappa shape index (κ3) is 2.78. The number of hydrogen-bond acceptors (Lipinski definition) is 2. The van der Waals surface area contributed by atoms with Gasteiger partial charge in [-0.25, -0.2) is 4.98 Å². The average Bonchev–Trinajstić information content (AvgIpc) is 2.75. The first-order valence-corrected chi connectivity index (χ1v) is 6.91. The Balaban J connectivity index is 2.24. The number of carbonyl (C=O) groups excluding carboxylic acids is 1. The molecule has 0 atom stereocenters. The van der Waals surface area contributed by atoms with Crippen molar-refractivity contribution < 1.29 is 4.79 Å². The lowest BCUT2D eigenvalue weighted by Gasteiger charge is -2.04. The molecule has 1 amide bonds. The second kappa shape index (κ2) is 5.87. The van der Waals surface area contributed by atoms with Crippen molar-refractivity contribution in [3.8, 4) is 0 Å². The molecule has 0 aliphatic heterocycles. The zero-order chi connectivity index (χ0) is 13.8. The van der Waals surface area contributed by atoms with Gasteiger partial charge in [0.05, 0.1) is 11.0 Å². The SMILES string of the molecule is CCCCNC(=O)c1ccc2c(c1)nc(CC)n2C. The van der Waals surface area contributed by atoms with Gasteiger partial charge in [0.1, 0.15) is 5.82 Å². The highest BCUT2D eigenvalue weighted by atomic mass is 16.1. The lowest BCUT2D eigenvalue weighted by Crippen LogP contribution is -2.24. The van der Waals surface area contributed by atoms with Gasteiger partial charge in [0, 0.05) is 25.6 Å². The Hall–Kier alpha value is -1.84. The number of aromatic nitrogens is 2. The van der Waals surface area contributed by atoms with Crippen LogP contribution in [0.2, 0.25) is 0 Å². The molecule has 1 aromatic heterocycles. The maximum atomic E-state index is 12.0. The Morgan fingerprint density at radius 3 is 2.84 bits per heavy atom. The highest BCUT2D eigenvalue weighted by molar-refractivity contribution is 5.97. The summed E-state index contributed by atoms with van der Waals surface area (Å²) < 4.78 is 2.08. The summed E-state index contributed by atoms with van der Waals surface area (Å²) in [5.74, 6) is 1.03. The highest BCUT2D eigenvalue weighted by Gasteiger charge is 2.10. The topological polar surface area (TPSA) is 46.9 Å². The molecule has 0 fully saturated rings. The molecule has 1 aromatic carbocycles. The predicted molar refractivity (Wildman–Crippen MR) is 77.3 cm³/mol. The number of carbonyl (C=O) groups is 1. The molecule has 0 saturated carbocycles. The smallest absolute Gasteiger partial charge is 0.251 e. The minimum absolute atomic E-state index is 0.0148. The summed E-state index contributed by atoms with van der Waals surface area (Å²) in [5.41, 5.74) is 2.65. The molecule has 0 bridgehead atoms. The number of hydrogen-bond donors (Lipinski definition) is 1. The second-order valence-electron chi connectivity index (χ2n) is 4.75. The summed E-state index contributed by atoms with van der Waals surface area (Å²) in [6, 6.07) is 5.71. The van der Waals surface area contributed by atoms with Gasteiger partial charge in [-0.1, -0.05) is 20.3 Å². The summed E-state index contributed by atoms with van der Waals surface area (Å²) in [5, 5.41) is 2.93. The molecule has 0 aliphatic carbocycles. The van der Waals surface area contributed by atoms with Crippen molar-refractivity contribution in [2.75, 3.05) is 6.54 Å². The third-order valence-corrected chi connectivity index (χ3v) is 3.37. The quantitative estimate of drug-likeness (QED) is 0.839. The molecule has 2 rings (SSSR count). The van der Waals surface area contributed by atoms with Crippen LogP contribution in [0.15, 0.2) is 18.2 Å². The van der Waals surface area contributed by atoms with Gasteiger partial charge in [-0.15, -0.1) is 0 Å². The zero-order valence-electron chi connectivity index (χ0n) is 11.9. The average molecular weight is 259 g/mol. The maximum Gasteiger partial charge on any atom is 0.251 e. The van der Waals surface area contributed by atoms with E-state index in [-0.39, 0.29) is 5.91 Å². The van der Waals surface area contributed by atoms with Gasteiger partial charge in [-0.3, -0.25) is 4.79 Å². The van der Waals surface area contributed by atoms with Crippen molar-refractivity contribution in [1.29, 1.82) is 0 Å². The minimum Gasteiger partial charge on any atom is -0.352 e. The van der Waals surface area contributed by atoms with E-state index in [2.05, 4.69) is 28.7 Å². The molecule has 0 aliphatic rings. The van der Waals surface area contributed by atoms with E-state index in [0.29, 0.717) is 5.56 Å². The van der Waals surface area contributed by atoms with Crippen molar-refractivity contribution in [2.45, 2.75) is 33.1 Å². The minimum atomic E-state index is -0.0148. The molecular formula is C15H21N3O. The summed E-state index contributed by atoms with van der Waals surface area (Å²) in [7, 11) is 2.01. The van der Waals surface area contributed by atoms with E-state index in [1.165, 1.54) is 0 Å². The Kier molecular flexibility index (Phi) is 4.20. The number of amides is 1. The van der Waals surface area contributed by atoms with E-state index in [1.807, 2.05) is 25.2 Å². The standard InChI is InChI=1S/C15H21N3O/c1-4-6-9-16-15(19)11-7-8-13-12(10-11)17-14(5-2)18(13)3/h7-8,10H,4-6,9H2,1-3H3,(H,16,19). The molecule has 2 aromatic rings. The van der Waals surface area contributed by atoms with Crippen LogP contribution in [0.4, 0.5) is 0 Å². The number of nitrogens with one attached hydrogen (secondary N) is 1. The monoisotopic (exact) mass is 259 g/mol. The van der Waals surface area contributed by atoms with Crippen molar-refractivity contribution in [2.24, 2.45) is 7.05 Å². The zero-order valence-corrected chi connectivity index (χ0v) is 11.9. The molecule has 0 spiro atoms. The second-order valence-corrected chi connectivity index (χ2v) is 4.75. The summed E-state index contributed by atoms with van der Waals surface area (Å²) in [6.07, 6.45) is 2.99. The van der Waals surface area contributed by atoms with E-state index >= 15 is 0 Å². The number of fused-ring (bicyclic) bond motifs is 1. The lowest BCUT2D eigenvalue weighted by atomic mass is 10.2. The first-order chi connectivity index (χ1) is 9.17. The van der Waals surface area contributed by atoms with Gasteiger partial charge in [0.25, 0.3) is 5.91 Å². The van der Waals surface area contributed by atoms with Crippen molar-refractivity contribution in [3.05, 3.63) is 29.6 Å². The molecule has 4 nitrogen and oxygen atoms in total. The predicted octanol–water partition coefficient (Wildman–Crippen LogP) is 2.67. The van der Waals surface area contributed by atoms with E-state index in [0.717, 1.165) is 42.7 Å². The number of aryl methyl sites for hydroxylation is 2. The Labute approximate surface area is 113 Å². The van der Waals surface area contributed by atoms with E-state index in [9.17, 15) is 4.79 Å². The Bertz CT molecular complexity index is 586. The van der Waals surface area contributed by atoms with Gasteiger partial charge in [-0.2, -0.15) is 0 Å². The summed E-state index contributed by atoms with van der Waals surface area (Å²) in [6.45, 7) is 4.92. The van der Waals surface area contributed by atoms with Crippen LogP contribution >= 0.6 is 0 Å². The van der Waals surface area contributed by atoms with E-state index < -0.39 is 0 Å². The normalized spacial score (nSPS) is 10.9. The first kappa shape index (κ1) is 13.6. The molecule has 0 unspecified atom stereocenters. The number of nitrogens with zero attached hydrogens (tertiary/aromatic N) is 2. The molecule has 1 heterocycles. The number of unbranched alkanes of at least 4 members (excludes halogenated alkanes) is 1. The Morgan fingerprint density at radius 1 is 1.37 bits per heavy atom. The van der Waals surface area contributed by atoms with Crippen molar-refractivity contribution >= 4 is 16.9 Å². The molecule has 102 valence electrons. The molecule has 4 heteroatoms. The van der Waals surface area contributed by atoms with Crippen LogP contribution in [-0.4, -0.2) is 22.0 Å². The van der Waals surface area contributed by atoms with Crippen LogP contribution in [0, 0.1) is 0 Å². The largest absolute Gasteiger partial charge is 0.352 e. The van der Waals surface area contributed by atoms with Gasteiger partial charge in [0.2, 0.25) is 0 Å². The molecular weight excluding hydrogens is 238 g/mol. The number of rotatable bonds is 5. The molecule has 0 saturated heterocycles. The highest BCUT2D eigenvalue weighted by Crippen LogP contribution is 2.17. The fourth-order valence-electron chi connectivity index (χ4n) is 2.19. The fraction of sp³-hybridized carbons (Fsp3) is 0.467. The molecule has 19 heavy (non-hydrogen) atoms. The van der Waals surface area contributed by atoms with Crippen LogP contribution in [0.5, 0.6) is 0 Å². The van der Waals surface area contributed by atoms with Crippen LogP contribution in [0.1, 0.15) is 42.9 Å². The lowest BCUT2D eigenvalue weighted by molar-refractivity contribution is 0.0953. The molecule has 1 N–H and O–H groups in total. The van der Waals surface area contributed by atoms with Gasteiger partial charge < -0.3 is 9.88 Å². The van der Waals surface area contributed by atoms with Gasteiger partial charge in [-0.05, 0) is 24.6 Å².